The van der Waals surface area contributed by atoms with E-state index in [2.05, 4.69) is 63.9 Å². The van der Waals surface area contributed by atoms with E-state index in [1.807, 2.05) is 7.05 Å². The highest BCUT2D eigenvalue weighted by molar-refractivity contribution is 5.46. The zero-order valence-corrected chi connectivity index (χ0v) is 15.0. The first-order chi connectivity index (χ1) is 9.83. The lowest BCUT2D eigenvalue weighted by atomic mass is 9.83. The fourth-order valence-electron chi connectivity index (χ4n) is 3.55. The van der Waals surface area contributed by atoms with Crippen LogP contribution in [0, 0.1) is 13.8 Å². The summed E-state index contributed by atoms with van der Waals surface area (Å²) in [6.45, 7) is 15.4. The lowest BCUT2D eigenvalue weighted by molar-refractivity contribution is 0.0930. The topological polar surface area (TPSA) is 24.5 Å². The predicted molar refractivity (Wildman–Crippen MR) is 91.3 cm³/mol. The molecule has 120 valence electrons. The lowest BCUT2D eigenvalue weighted by Gasteiger charge is -2.44. The van der Waals surface area contributed by atoms with Gasteiger partial charge in [0.2, 0.25) is 0 Å². The minimum absolute atomic E-state index is 0.00550. The molecule has 0 spiro atoms. The van der Waals surface area contributed by atoms with Gasteiger partial charge >= 0.3 is 0 Å². The fourth-order valence-corrected chi connectivity index (χ4v) is 3.55. The molecule has 0 bridgehead atoms. The molecule has 1 atom stereocenters. The van der Waals surface area contributed by atoms with Gasteiger partial charge in [-0.15, -0.1) is 0 Å². The van der Waals surface area contributed by atoms with Crippen LogP contribution in [0.25, 0.3) is 0 Å². The normalized spacial score (nSPS) is 13.6. The minimum Gasteiger partial charge on any atom is -0.496 e. The molecule has 1 N–H and O–H groups in total. The van der Waals surface area contributed by atoms with Crippen LogP contribution in [0.3, 0.4) is 0 Å². The molecular formula is C18H32N2O. The molecule has 1 rings (SSSR count). The third-order valence-electron chi connectivity index (χ3n) is 4.58. The summed E-state index contributed by atoms with van der Waals surface area (Å²) in [6.07, 6.45) is 0. The van der Waals surface area contributed by atoms with Gasteiger partial charge in [-0.05, 0) is 65.0 Å². The van der Waals surface area contributed by atoms with Crippen molar-refractivity contribution >= 4 is 0 Å². The van der Waals surface area contributed by atoms with Crippen molar-refractivity contribution in [3.05, 3.63) is 28.8 Å². The summed E-state index contributed by atoms with van der Waals surface area (Å²) in [4.78, 5) is 2.49. The van der Waals surface area contributed by atoms with Gasteiger partial charge in [0.05, 0.1) is 13.2 Å². The van der Waals surface area contributed by atoms with Gasteiger partial charge in [-0.25, -0.2) is 0 Å². The molecule has 0 saturated heterocycles. The summed E-state index contributed by atoms with van der Waals surface area (Å²) < 4.78 is 5.67. The molecule has 0 heterocycles. The van der Waals surface area contributed by atoms with Crippen molar-refractivity contribution in [3.8, 4) is 5.75 Å². The quantitative estimate of drug-likeness (QED) is 0.829. The van der Waals surface area contributed by atoms with Crippen molar-refractivity contribution in [2.75, 3.05) is 27.2 Å². The van der Waals surface area contributed by atoms with Crippen molar-refractivity contribution in [3.63, 3.8) is 0 Å². The predicted octanol–water partition coefficient (Wildman–Crippen LogP) is 3.69. The highest BCUT2D eigenvalue weighted by Crippen LogP contribution is 2.38. The van der Waals surface area contributed by atoms with Gasteiger partial charge in [-0.2, -0.15) is 0 Å². The Hall–Kier alpha value is -1.06. The molecule has 3 nitrogen and oxygen atoms in total. The second-order valence-corrected chi connectivity index (χ2v) is 6.25. The van der Waals surface area contributed by atoms with Crippen molar-refractivity contribution in [1.29, 1.82) is 0 Å². The Kier molecular flexibility index (Phi) is 6.24. The number of aryl methyl sites for hydroxylation is 2. The molecule has 0 aliphatic heterocycles. The molecule has 1 aromatic rings. The zero-order valence-electron chi connectivity index (χ0n) is 15.0. The zero-order chi connectivity index (χ0) is 16.2. The van der Waals surface area contributed by atoms with Gasteiger partial charge < -0.3 is 10.1 Å². The Bertz CT molecular complexity index is 465. The highest BCUT2D eigenvalue weighted by atomic mass is 16.5. The highest BCUT2D eigenvalue weighted by Gasteiger charge is 2.36. The summed E-state index contributed by atoms with van der Waals surface area (Å²) in [5.41, 5.74) is 3.79. The van der Waals surface area contributed by atoms with Crippen molar-refractivity contribution in [1.82, 2.24) is 10.2 Å². The van der Waals surface area contributed by atoms with E-state index in [1.54, 1.807) is 7.11 Å². The molecule has 21 heavy (non-hydrogen) atoms. The van der Waals surface area contributed by atoms with Crippen LogP contribution in [0.1, 0.15) is 50.4 Å². The minimum atomic E-state index is 0.00550. The molecule has 1 unspecified atom stereocenters. The SMILES string of the molecule is CCN(CC)C(C)(C)C(NC)c1c(C)cc(C)cc1OC. The van der Waals surface area contributed by atoms with Crippen LogP contribution in [0.4, 0.5) is 0 Å². The summed E-state index contributed by atoms with van der Waals surface area (Å²) in [5, 5.41) is 3.52. The average molecular weight is 292 g/mol. The van der Waals surface area contributed by atoms with Crippen LogP contribution in [0.15, 0.2) is 12.1 Å². The number of nitrogens with zero attached hydrogens (tertiary/aromatic N) is 1. The van der Waals surface area contributed by atoms with Crippen molar-refractivity contribution < 1.29 is 4.74 Å². The molecule has 0 saturated carbocycles. The van der Waals surface area contributed by atoms with Crippen LogP contribution in [0.2, 0.25) is 0 Å². The lowest BCUT2D eigenvalue weighted by Crippen LogP contribution is -2.52. The Balaban J connectivity index is 3.40. The number of benzene rings is 1. The molecule has 0 amide bonds. The van der Waals surface area contributed by atoms with E-state index in [4.69, 9.17) is 4.74 Å². The van der Waals surface area contributed by atoms with Gasteiger partial charge in [0.15, 0.2) is 0 Å². The fraction of sp³-hybridized carbons (Fsp3) is 0.667. The largest absolute Gasteiger partial charge is 0.496 e. The first kappa shape index (κ1) is 18.0. The number of hydrogen-bond donors (Lipinski definition) is 1. The van der Waals surface area contributed by atoms with E-state index in [1.165, 1.54) is 16.7 Å². The molecule has 0 aliphatic carbocycles. The Labute approximate surface area is 130 Å². The Morgan fingerprint density at radius 3 is 2.19 bits per heavy atom. The monoisotopic (exact) mass is 292 g/mol. The smallest absolute Gasteiger partial charge is 0.124 e. The van der Waals surface area contributed by atoms with E-state index in [9.17, 15) is 0 Å². The van der Waals surface area contributed by atoms with Crippen molar-refractivity contribution in [2.24, 2.45) is 0 Å². The van der Waals surface area contributed by atoms with Crippen LogP contribution in [-0.2, 0) is 0 Å². The number of nitrogens with one attached hydrogen (secondary N) is 1. The maximum Gasteiger partial charge on any atom is 0.124 e. The maximum atomic E-state index is 5.67. The van der Waals surface area contributed by atoms with Crippen molar-refractivity contribution in [2.45, 2.75) is 53.1 Å². The molecule has 1 aromatic carbocycles. The summed E-state index contributed by atoms with van der Waals surface area (Å²) >= 11 is 0. The molecule has 0 radical (unpaired) electrons. The number of rotatable bonds is 7. The first-order valence-corrected chi connectivity index (χ1v) is 7.90. The van der Waals surface area contributed by atoms with Gasteiger partial charge in [-0.3, -0.25) is 4.90 Å². The summed E-state index contributed by atoms with van der Waals surface area (Å²) in [5.74, 6) is 0.979. The third-order valence-corrected chi connectivity index (χ3v) is 4.58. The summed E-state index contributed by atoms with van der Waals surface area (Å²) in [7, 11) is 3.80. The number of hydrogen-bond acceptors (Lipinski definition) is 3. The Morgan fingerprint density at radius 1 is 1.19 bits per heavy atom. The molecular weight excluding hydrogens is 260 g/mol. The third kappa shape index (κ3) is 3.58. The number of ether oxygens (including phenoxy) is 1. The first-order valence-electron chi connectivity index (χ1n) is 7.90. The maximum absolute atomic E-state index is 5.67. The van der Waals surface area contributed by atoms with E-state index in [0.717, 1.165) is 18.8 Å². The van der Waals surface area contributed by atoms with Gasteiger partial charge in [0, 0.05) is 11.1 Å². The van der Waals surface area contributed by atoms with Gasteiger partial charge in [-0.1, -0.05) is 19.9 Å². The second kappa shape index (κ2) is 7.28. The molecule has 3 heteroatoms. The van der Waals surface area contributed by atoms with Crippen LogP contribution in [0.5, 0.6) is 5.75 Å². The van der Waals surface area contributed by atoms with E-state index in [0.29, 0.717) is 0 Å². The van der Waals surface area contributed by atoms with Crippen LogP contribution in [-0.4, -0.2) is 37.7 Å². The average Bonchev–Trinajstić information content (AvgIpc) is 2.42. The number of likely N-dealkylation sites (N-methyl/N-ethyl adjacent to an activating group) is 2. The molecule has 0 fully saturated rings. The van der Waals surface area contributed by atoms with E-state index < -0.39 is 0 Å². The molecule has 0 aromatic heterocycles. The van der Waals surface area contributed by atoms with Crippen LogP contribution >= 0.6 is 0 Å². The van der Waals surface area contributed by atoms with Crippen LogP contribution < -0.4 is 10.1 Å². The standard InChI is InChI=1S/C18H32N2O/c1-9-20(10-2)18(5,6)17(19-7)16-14(4)11-13(3)12-15(16)21-8/h11-12,17,19H,9-10H2,1-8H3. The van der Waals surface area contributed by atoms with Gasteiger partial charge in [0.1, 0.15) is 5.75 Å². The number of methoxy groups -OCH3 is 1. The molecule has 0 aliphatic rings. The van der Waals surface area contributed by atoms with E-state index in [-0.39, 0.29) is 11.6 Å². The second-order valence-electron chi connectivity index (χ2n) is 6.25. The van der Waals surface area contributed by atoms with E-state index >= 15 is 0 Å². The van der Waals surface area contributed by atoms with Gasteiger partial charge in [0.25, 0.3) is 0 Å². The Morgan fingerprint density at radius 2 is 1.76 bits per heavy atom. The summed E-state index contributed by atoms with van der Waals surface area (Å²) in [6, 6.07) is 4.58.